The number of ether oxygens (including phenoxy) is 1. The maximum atomic E-state index is 13.6. The largest absolute Gasteiger partial charge is 0.477 e. The molecule has 1 saturated carbocycles. The summed E-state index contributed by atoms with van der Waals surface area (Å²) < 4.78 is 75.4. The molecule has 11 nitrogen and oxygen atoms in total. The number of rotatable bonds is 12. The highest BCUT2D eigenvalue weighted by Gasteiger charge is 2.62. The molecule has 244 valence electrons. The zero-order valence-corrected chi connectivity index (χ0v) is 26.6. The third-order valence-electron chi connectivity index (χ3n) is 8.46. The molecule has 2 fully saturated rings. The normalized spacial score (nSPS) is 17.3. The van der Waals surface area contributed by atoms with Gasteiger partial charge in [-0.3, -0.25) is 4.79 Å². The molecule has 1 amide bonds. The second-order valence-electron chi connectivity index (χ2n) is 12.3. The second kappa shape index (κ2) is 12.1. The number of anilines is 2. The highest BCUT2D eigenvalue weighted by atomic mass is 32.2. The van der Waals surface area contributed by atoms with Gasteiger partial charge < -0.3 is 15.0 Å². The summed E-state index contributed by atoms with van der Waals surface area (Å²) in [5.41, 5.74) is -1.21. The molecule has 1 saturated heterocycles. The number of carbonyl (C=O) groups excluding carboxylic acids is 1. The van der Waals surface area contributed by atoms with Crippen LogP contribution in [0.5, 0.6) is 5.88 Å². The third kappa shape index (κ3) is 6.87. The van der Waals surface area contributed by atoms with Crippen molar-refractivity contribution in [1.82, 2.24) is 24.5 Å². The van der Waals surface area contributed by atoms with Gasteiger partial charge in [-0.2, -0.15) is 21.6 Å². The van der Waals surface area contributed by atoms with E-state index in [1.165, 1.54) is 28.9 Å². The fourth-order valence-electron chi connectivity index (χ4n) is 5.45. The van der Waals surface area contributed by atoms with Crippen molar-refractivity contribution in [3.63, 3.8) is 0 Å². The lowest BCUT2D eigenvalue weighted by Crippen LogP contribution is -2.41. The highest BCUT2D eigenvalue weighted by Crippen LogP contribution is 2.59. The Labute approximate surface area is 260 Å². The Morgan fingerprint density at radius 2 is 1.84 bits per heavy atom. The van der Waals surface area contributed by atoms with Crippen LogP contribution in [0.2, 0.25) is 0 Å². The molecule has 0 atom stereocenters. The minimum atomic E-state index is -4.33. The number of nitrogens with zero attached hydrogens (tertiary/aromatic N) is 5. The predicted octanol–water partition coefficient (Wildman–Crippen LogP) is 5.40. The van der Waals surface area contributed by atoms with Crippen molar-refractivity contribution in [1.29, 1.82) is 0 Å². The number of carbonyl (C=O) groups is 1. The van der Waals surface area contributed by atoms with Crippen LogP contribution >= 0.6 is 0 Å². The van der Waals surface area contributed by atoms with Crippen LogP contribution in [0, 0.1) is 12.3 Å². The molecule has 3 aromatic rings. The molecule has 0 unspecified atom stereocenters. The average molecular weight is 650 g/mol. The average Bonchev–Trinajstić information content (AvgIpc) is 3.49. The number of alkyl halides is 3. The Bertz CT molecular complexity index is 1670. The van der Waals surface area contributed by atoms with Crippen LogP contribution in [-0.2, 0) is 10.0 Å². The molecule has 1 aliphatic heterocycles. The van der Waals surface area contributed by atoms with Crippen molar-refractivity contribution in [2.24, 2.45) is 5.41 Å². The number of sulfonamides is 1. The van der Waals surface area contributed by atoms with Gasteiger partial charge in [0, 0.05) is 30.9 Å². The van der Waals surface area contributed by atoms with E-state index in [-0.39, 0.29) is 53.7 Å². The first kappa shape index (κ1) is 32.5. The van der Waals surface area contributed by atoms with Gasteiger partial charge in [-0.25, -0.2) is 19.4 Å². The number of pyridine rings is 2. The maximum absolute atomic E-state index is 13.6. The van der Waals surface area contributed by atoms with E-state index < -0.39 is 27.5 Å². The first-order valence-corrected chi connectivity index (χ1v) is 16.5. The predicted molar refractivity (Wildman–Crippen MR) is 162 cm³/mol. The summed E-state index contributed by atoms with van der Waals surface area (Å²) in [5, 5.41) is 7.12. The van der Waals surface area contributed by atoms with E-state index in [0.29, 0.717) is 24.7 Å². The number of aromatic nitrogens is 4. The zero-order chi connectivity index (χ0) is 32.6. The summed E-state index contributed by atoms with van der Waals surface area (Å²) in [4.78, 5) is 24.5. The van der Waals surface area contributed by atoms with E-state index in [2.05, 4.69) is 20.1 Å². The third-order valence-corrected chi connectivity index (χ3v) is 9.69. The Morgan fingerprint density at radius 3 is 2.49 bits per heavy atom. The van der Waals surface area contributed by atoms with E-state index in [1.807, 2.05) is 32.6 Å². The first-order valence-electron chi connectivity index (χ1n) is 15.0. The summed E-state index contributed by atoms with van der Waals surface area (Å²) in [5.74, 6) is 0.309. The fourth-order valence-corrected chi connectivity index (χ4v) is 6.37. The quantitative estimate of drug-likeness (QED) is 0.265. The van der Waals surface area contributed by atoms with E-state index in [4.69, 9.17) is 9.72 Å². The lowest BCUT2D eigenvalue weighted by Gasteiger charge is -2.34. The number of amides is 1. The molecule has 0 aromatic carbocycles. The molecule has 0 bridgehead atoms. The molecular formula is C30H38F3N7O4S. The molecule has 0 spiro atoms. The second-order valence-corrected chi connectivity index (χ2v) is 13.9. The maximum Gasteiger partial charge on any atom is 0.394 e. The van der Waals surface area contributed by atoms with Gasteiger partial charge in [0.15, 0.2) is 10.8 Å². The highest BCUT2D eigenvalue weighted by molar-refractivity contribution is 7.90. The summed E-state index contributed by atoms with van der Waals surface area (Å²) in [7, 11) is -4.33. The topological polar surface area (TPSA) is 131 Å². The molecule has 45 heavy (non-hydrogen) atoms. The first-order chi connectivity index (χ1) is 21.2. The number of aryl methyl sites for hydroxylation is 1. The summed E-state index contributed by atoms with van der Waals surface area (Å²) in [6.45, 7) is 8.89. The summed E-state index contributed by atoms with van der Waals surface area (Å²) in [6.07, 6.45) is -0.124. The monoisotopic (exact) mass is 649 g/mol. The van der Waals surface area contributed by atoms with Crippen LogP contribution in [0.4, 0.5) is 24.8 Å². The Morgan fingerprint density at radius 1 is 1.09 bits per heavy atom. The SMILES string of the molecule is CCCNc1nc(S(=O)(=O)NC(=O)c2ccc(-n3ccc(OCCC4(C(F)(F)F)CC4)n3)nc2N2CCCC2(C)C)ccc1C. The molecule has 2 N–H and O–H groups in total. The minimum absolute atomic E-state index is 0.0549. The molecule has 3 aromatic heterocycles. The van der Waals surface area contributed by atoms with Crippen LogP contribution < -0.4 is 19.7 Å². The van der Waals surface area contributed by atoms with Gasteiger partial charge in [-0.15, -0.1) is 5.10 Å². The molecular weight excluding hydrogens is 611 g/mol. The number of halogens is 3. The van der Waals surface area contributed by atoms with Gasteiger partial charge >= 0.3 is 6.18 Å². The Hall–Kier alpha value is -3.88. The van der Waals surface area contributed by atoms with Crippen LogP contribution in [0.25, 0.3) is 5.82 Å². The smallest absolute Gasteiger partial charge is 0.394 e. The van der Waals surface area contributed by atoms with Gasteiger partial charge in [0.1, 0.15) is 11.6 Å². The number of hydrogen-bond acceptors (Lipinski definition) is 9. The summed E-state index contributed by atoms with van der Waals surface area (Å²) in [6, 6.07) is 7.50. The molecule has 0 radical (unpaired) electrons. The van der Waals surface area contributed by atoms with Crippen molar-refractivity contribution in [2.75, 3.05) is 29.9 Å². The van der Waals surface area contributed by atoms with Crippen molar-refractivity contribution >= 4 is 27.6 Å². The number of hydrogen-bond donors (Lipinski definition) is 2. The van der Waals surface area contributed by atoms with Crippen LogP contribution in [-0.4, -0.2) is 65.5 Å². The lowest BCUT2D eigenvalue weighted by molar-refractivity contribution is -0.190. The van der Waals surface area contributed by atoms with E-state index in [9.17, 15) is 26.4 Å². The Kier molecular flexibility index (Phi) is 8.77. The van der Waals surface area contributed by atoms with E-state index in [1.54, 1.807) is 12.3 Å². The van der Waals surface area contributed by atoms with Crippen molar-refractivity contribution < 1.29 is 31.1 Å². The van der Waals surface area contributed by atoms with Crippen molar-refractivity contribution in [3.05, 3.63) is 47.7 Å². The minimum Gasteiger partial charge on any atom is -0.477 e. The van der Waals surface area contributed by atoms with Gasteiger partial charge in [0.25, 0.3) is 15.9 Å². The number of nitrogens with one attached hydrogen (secondary N) is 2. The lowest BCUT2D eigenvalue weighted by atomic mass is 10.0. The van der Waals surface area contributed by atoms with E-state index >= 15 is 0 Å². The van der Waals surface area contributed by atoms with Gasteiger partial charge in [-0.05, 0) is 83.1 Å². The molecule has 1 aliphatic carbocycles. The van der Waals surface area contributed by atoms with Crippen LogP contribution in [0.15, 0.2) is 41.6 Å². The molecule has 15 heteroatoms. The van der Waals surface area contributed by atoms with E-state index in [0.717, 1.165) is 24.8 Å². The molecule has 2 aliphatic rings. The van der Waals surface area contributed by atoms with Crippen molar-refractivity contribution in [2.45, 2.75) is 83.0 Å². The van der Waals surface area contributed by atoms with Crippen LogP contribution in [0.3, 0.4) is 0 Å². The van der Waals surface area contributed by atoms with Gasteiger partial charge in [0.05, 0.1) is 17.6 Å². The standard InChI is InChI=1S/C30H38F3N7O4S/c1-5-16-34-25-20(2)7-10-24(36-25)45(42,43)38-27(41)21-8-9-22(35-26(21)39-17-6-12-28(39,3)4)40-18-11-23(37-40)44-19-15-29(13-14-29)30(31,32)33/h7-11,18H,5-6,12-17,19H2,1-4H3,(H,34,36)(H,38,41). The van der Waals surface area contributed by atoms with Gasteiger partial charge in [0.2, 0.25) is 5.88 Å². The zero-order valence-electron chi connectivity index (χ0n) is 25.7. The van der Waals surface area contributed by atoms with Crippen molar-refractivity contribution in [3.8, 4) is 11.7 Å². The van der Waals surface area contributed by atoms with Gasteiger partial charge in [-0.1, -0.05) is 13.0 Å². The fraction of sp³-hybridized carbons (Fsp3) is 0.533. The van der Waals surface area contributed by atoms with Crippen LogP contribution in [0.1, 0.15) is 75.2 Å². The molecule has 5 rings (SSSR count). The Balaban J connectivity index is 1.38. The summed E-state index contributed by atoms with van der Waals surface area (Å²) >= 11 is 0. The molecule has 4 heterocycles.